The van der Waals surface area contributed by atoms with Gasteiger partial charge in [-0.2, -0.15) is 21.8 Å². The van der Waals surface area contributed by atoms with Crippen LogP contribution in [0.2, 0.25) is 0 Å². The van der Waals surface area contributed by atoms with Gasteiger partial charge in [0.25, 0.3) is 0 Å². The number of fused-ring (bicyclic) bond motifs is 1. The molecule has 1 aromatic heterocycles. The number of hydrogen-bond donors (Lipinski definition) is 1. The number of methoxy groups -OCH3 is 1. The van der Waals surface area contributed by atoms with Crippen molar-refractivity contribution in [2.75, 3.05) is 30.5 Å². The number of nitrogens with one attached hydrogen (secondary N) is 1. The Morgan fingerprint density at radius 1 is 1.38 bits per heavy atom. The second kappa shape index (κ2) is 8.27. The van der Waals surface area contributed by atoms with Crippen LogP contribution >= 0.6 is 11.8 Å². The molecule has 3 rings (SSSR count). The highest BCUT2D eigenvalue weighted by Crippen LogP contribution is 2.38. The predicted octanol–water partition coefficient (Wildman–Crippen LogP) is 2.87. The third kappa shape index (κ3) is 3.55. The van der Waals surface area contributed by atoms with Crippen molar-refractivity contribution in [3.8, 4) is 5.75 Å². The zero-order chi connectivity index (χ0) is 18.5. The molecule has 2 aromatic rings. The van der Waals surface area contributed by atoms with Gasteiger partial charge in [-0.05, 0) is 18.7 Å². The third-order valence-corrected chi connectivity index (χ3v) is 4.98. The van der Waals surface area contributed by atoms with E-state index in [2.05, 4.69) is 22.3 Å². The smallest absolute Gasteiger partial charge is 0.338 e. The van der Waals surface area contributed by atoms with Gasteiger partial charge < -0.3 is 14.8 Å². The first-order valence-electron chi connectivity index (χ1n) is 8.42. The van der Waals surface area contributed by atoms with E-state index >= 15 is 0 Å². The number of esters is 1. The van der Waals surface area contributed by atoms with E-state index in [0.717, 1.165) is 17.1 Å². The zero-order valence-corrected chi connectivity index (χ0v) is 15.9. The van der Waals surface area contributed by atoms with E-state index in [4.69, 9.17) is 9.47 Å². The van der Waals surface area contributed by atoms with Crippen molar-refractivity contribution in [3.05, 3.63) is 47.4 Å². The Morgan fingerprint density at radius 3 is 2.96 bits per heavy atom. The van der Waals surface area contributed by atoms with Crippen LogP contribution in [0.5, 0.6) is 5.75 Å². The molecule has 138 valence electrons. The third-order valence-electron chi connectivity index (χ3n) is 4.11. The number of allylic oxidation sites excluding steroid dienone is 1. The SMILES string of the molecule is CCSCCOC(=O)C1=C(C)Nc2ncnn2[C@H]1c1ccccc1OC. The molecule has 0 fully saturated rings. The van der Waals surface area contributed by atoms with Gasteiger partial charge in [0, 0.05) is 17.0 Å². The molecule has 1 N–H and O–H groups in total. The second-order valence-electron chi connectivity index (χ2n) is 5.67. The van der Waals surface area contributed by atoms with Gasteiger partial charge in [0.2, 0.25) is 5.95 Å². The van der Waals surface area contributed by atoms with E-state index in [-0.39, 0.29) is 5.97 Å². The van der Waals surface area contributed by atoms with Crippen LogP contribution < -0.4 is 10.1 Å². The molecule has 0 unspecified atom stereocenters. The van der Waals surface area contributed by atoms with E-state index < -0.39 is 6.04 Å². The topological polar surface area (TPSA) is 78.3 Å². The highest BCUT2D eigenvalue weighted by Gasteiger charge is 2.35. The molecule has 0 aliphatic carbocycles. The standard InChI is InChI=1S/C18H22N4O3S/c1-4-26-10-9-25-17(23)15-12(2)21-18-19-11-20-22(18)16(15)13-7-5-6-8-14(13)24-3/h5-8,11,16H,4,9-10H2,1-3H3,(H,19,20,21)/t16-/m0/s1. The van der Waals surface area contributed by atoms with Crippen molar-refractivity contribution >= 4 is 23.7 Å². The van der Waals surface area contributed by atoms with Crippen LogP contribution in [-0.2, 0) is 9.53 Å². The van der Waals surface area contributed by atoms with Crippen LogP contribution in [0.3, 0.4) is 0 Å². The average molecular weight is 374 g/mol. The molecule has 8 heteroatoms. The van der Waals surface area contributed by atoms with Crippen molar-refractivity contribution in [2.24, 2.45) is 0 Å². The van der Waals surface area contributed by atoms with Crippen molar-refractivity contribution in [2.45, 2.75) is 19.9 Å². The number of thioether (sulfide) groups is 1. The Kier molecular flexibility index (Phi) is 5.82. The lowest BCUT2D eigenvalue weighted by Gasteiger charge is -2.29. The van der Waals surface area contributed by atoms with Crippen LogP contribution in [0, 0.1) is 0 Å². The maximum absolute atomic E-state index is 12.9. The summed E-state index contributed by atoms with van der Waals surface area (Å²) in [7, 11) is 1.61. The number of para-hydroxylation sites is 1. The lowest BCUT2D eigenvalue weighted by molar-refractivity contribution is -0.138. The summed E-state index contributed by atoms with van der Waals surface area (Å²) in [6.07, 6.45) is 1.46. The summed E-state index contributed by atoms with van der Waals surface area (Å²) >= 11 is 1.73. The summed E-state index contributed by atoms with van der Waals surface area (Å²) in [5.41, 5.74) is 2.04. The molecule has 1 aliphatic heterocycles. The highest BCUT2D eigenvalue weighted by atomic mass is 32.2. The molecular weight excluding hydrogens is 352 g/mol. The number of ether oxygens (including phenoxy) is 2. The summed E-state index contributed by atoms with van der Waals surface area (Å²) in [5, 5.41) is 7.44. The first-order chi connectivity index (χ1) is 12.7. The quantitative estimate of drug-likeness (QED) is 0.590. The van der Waals surface area contributed by atoms with E-state index in [1.54, 1.807) is 23.6 Å². The number of anilines is 1. The van der Waals surface area contributed by atoms with Crippen LogP contribution in [0.15, 0.2) is 41.9 Å². The Hall–Kier alpha value is -2.48. The van der Waals surface area contributed by atoms with E-state index in [1.165, 1.54) is 6.33 Å². The lowest BCUT2D eigenvalue weighted by Crippen LogP contribution is -2.30. The van der Waals surface area contributed by atoms with Crippen LogP contribution in [0.25, 0.3) is 0 Å². The van der Waals surface area contributed by atoms with Crippen LogP contribution in [0.1, 0.15) is 25.5 Å². The summed E-state index contributed by atoms with van der Waals surface area (Å²) in [6.45, 7) is 4.29. The number of rotatable bonds is 7. The summed E-state index contributed by atoms with van der Waals surface area (Å²) < 4.78 is 12.7. The van der Waals surface area contributed by atoms with Crippen molar-refractivity contribution in [1.29, 1.82) is 0 Å². The van der Waals surface area contributed by atoms with Gasteiger partial charge in [0.05, 0.1) is 12.7 Å². The van der Waals surface area contributed by atoms with Gasteiger partial charge in [0.1, 0.15) is 24.7 Å². The molecule has 0 saturated heterocycles. The molecule has 1 aliphatic rings. The molecule has 2 heterocycles. The normalized spacial score (nSPS) is 16.0. The zero-order valence-electron chi connectivity index (χ0n) is 15.1. The second-order valence-corrected chi connectivity index (χ2v) is 7.06. The Balaban J connectivity index is 1.98. The molecule has 0 amide bonds. The van der Waals surface area contributed by atoms with Gasteiger partial charge in [0.15, 0.2) is 0 Å². The first kappa shape index (κ1) is 18.3. The van der Waals surface area contributed by atoms with E-state index in [9.17, 15) is 4.79 Å². The number of nitrogens with zero attached hydrogens (tertiary/aromatic N) is 3. The molecule has 0 radical (unpaired) electrons. The predicted molar refractivity (Wildman–Crippen MR) is 101 cm³/mol. The van der Waals surface area contributed by atoms with Crippen molar-refractivity contribution < 1.29 is 14.3 Å². The number of carbonyl (C=O) groups is 1. The van der Waals surface area contributed by atoms with Crippen molar-refractivity contribution in [1.82, 2.24) is 14.8 Å². The fourth-order valence-electron chi connectivity index (χ4n) is 2.95. The minimum atomic E-state index is -0.462. The summed E-state index contributed by atoms with van der Waals surface area (Å²) in [5.74, 6) is 2.67. The fourth-order valence-corrected chi connectivity index (χ4v) is 3.44. The van der Waals surface area contributed by atoms with E-state index in [0.29, 0.717) is 29.6 Å². The molecule has 0 bridgehead atoms. The van der Waals surface area contributed by atoms with Gasteiger partial charge in [-0.25, -0.2) is 9.48 Å². The lowest BCUT2D eigenvalue weighted by atomic mass is 9.95. The van der Waals surface area contributed by atoms with E-state index in [1.807, 2.05) is 31.2 Å². The number of benzene rings is 1. The van der Waals surface area contributed by atoms with Gasteiger partial charge in [-0.1, -0.05) is 25.1 Å². The first-order valence-corrected chi connectivity index (χ1v) is 9.57. The fraction of sp³-hybridized carbons (Fsp3) is 0.389. The maximum Gasteiger partial charge on any atom is 0.338 e. The molecule has 1 aromatic carbocycles. The van der Waals surface area contributed by atoms with Crippen LogP contribution in [0.4, 0.5) is 5.95 Å². The molecule has 1 atom stereocenters. The molecule has 7 nitrogen and oxygen atoms in total. The van der Waals surface area contributed by atoms with Gasteiger partial charge in [-0.15, -0.1) is 0 Å². The maximum atomic E-state index is 12.9. The van der Waals surface area contributed by atoms with Gasteiger partial charge in [-0.3, -0.25) is 0 Å². The summed E-state index contributed by atoms with van der Waals surface area (Å²) in [4.78, 5) is 17.1. The average Bonchev–Trinajstić information content (AvgIpc) is 3.11. The molecule has 0 spiro atoms. The Morgan fingerprint density at radius 2 is 2.19 bits per heavy atom. The number of hydrogen-bond acceptors (Lipinski definition) is 7. The molecule has 0 saturated carbocycles. The minimum absolute atomic E-state index is 0.358. The monoisotopic (exact) mass is 374 g/mol. The largest absolute Gasteiger partial charge is 0.496 e. The Bertz CT molecular complexity index is 818. The number of aromatic nitrogens is 3. The van der Waals surface area contributed by atoms with Crippen molar-refractivity contribution in [3.63, 3.8) is 0 Å². The van der Waals surface area contributed by atoms with Gasteiger partial charge >= 0.3 is 5.97 Å². The Labute approximate surface area is 156 Å². The molecular formula is C18H22N4O3S. The van der Waals surface area contributed by atoms with Crippen LogP contribution in [-0.4, -0.2) is 46.0 Å². The number of carbonyl (C=O) groups excluding carboxylic acids is 1. The highest BCUT2D eigenvalue weighted by molar-refractivity contribution is 7.99. The molecule has 26 heavy (non-hydrogen) atoms. The minimum Gasteiger partial charge on any atom is -0.496 e. The summed E-state index contributed by atoms with van der Waals surface area (Å²) in [6, 6.07) is 7.13.